The van der Waals surface area contributed by atoms with E-state index in [2.05, 4.69) is 30.3 Å². The molecule has 3 N–H and O–H groups in total. The molecule has 2 aromatic heterocycles. The number of aromatic nitrogens is 3. The van der Waals surface area contributed by atoms with Gasteiger partial charge in [0.05, 0.1) is 4.90 Å². The van der Waals surface area contributed by atoms with Crippen LogP contribution in [0.25, 0.3) is 0 Å². The monoisotopic (exact) mass is 466 g/mol. The Balaban J connectivity index is 1.45. The highest BCUT2D eigenvalue weighted by atomic mass is 35.5. The number of sulfonamides is 1. The minimum atomic E-state index is -3.76. The number of benzene rings is 2. The predicted octanol–water partition coefficient (Wildman–Crippen LogP) is 5.12. The van der Waals surface area contributed by atoms with Crippen molar-refractivity contribution < 1.29 is 8.42 Å². The summed E-state index contributed by atoms with van der Waals surface area (Å²) in [5.74, 6) is 1.83. The Hall–Kier alpha value is -3.69. The van der Waals surface area contributed by atoms with Crippen molar-refractivity contribution in [3.8, 4) is 0 Å². The van der Waals surface area contributed by atoms with Gasteiger partial charge in [0.2, 0.25) is 0 Å². The third-order valence-corrected chi connectivity index (χ3v) is 6.44. The lowest BCUT2D eigenvalue weighted by Crippen LogP contribution is -2.14. The Morgan fingerprint density at radius 3 is 2.22 bits per heavy atom. The molecule has 8 nitrogen and oxygen atoms in total. The first-order chi connectivity index (χ1) is 15.4. The van der Waals surface area contributed by atoms with E-state index in [1.165, 1.54) is 12.4 Å². The summed E-state index contributed by atoms with van der Waals surface area (Å²) in [6, 6.07) is 18.9. The van der Waals surface area contributed by atoms with Gasteiger partial charge in [0.25, 0.3) is 10.0 Å². The van der Waals surface area contributed by atoms with Gasteiger partial charge in [-0.05, 0) is 61.0 Å². The van der Waals surface area contributed by atoms with Gasteiger partial charge in [0.15, 0.2) is 0 Å². The Kier molecular flexibility index (Phi) is 6.20. The van der Waals surface area contributed by atoms with Crippen LogP contribution in [0, 0.1) is 6.92 Å². The van der Waals surface area contributed by atoms with E-state index < -0.39 is 10.0 Å². The summed E-state index contributed by atoms with van der Waals surface area (Å²) in [4.78, 5) is 12.7. The van der Waals surface area contributed by atoms with Crippen molar-refractivity contribution in [2.45, 2.75) is 11.8 Å². The third kappa shape index (κ3) is 5.13. The van der Waals surface area contributed by atoms with Crippen molar-refractivity contribution >= 4 is 50.5 Å². The molecule has 0 spiro atoms. The van der Waals surface area contributed by atoms with E-state index in [1.807, 2.05) is 18.2 Å². The van der Waals surface area contributed by atoms with E-state index in [1.54, 1.807) is 55.6 Å². The summed E-state index contributed by atoms with van der Waals surface area (Å²) >= 11 is 6.06. The smallest absolute Gasteiger partial charge is 0.262 e. The standard InChI is InChI=1S/C22H19ClN6O2S/c1-15-18(23)5-4-6-19(15)32(30,31)29-17-10-8-16(9-11-17)27-21-13-22(26-14-25-21)28-20-7-2-3-12-24-20/h2-14,29H,1H3,(H2,24,25,26,27,28). The van der Waals surface area contributed by atoms with E-state index in [9.17, 15) is 8.42 Å². The normalized spacial score (nSPS) is 11.1. The number of hydrogen-bond acceptors (Lipinski definition) is 7. The van der Waals surface area contributed by atoms with Crippen LogP contribution in [0.2, 0.25) is 5.02 Å². The second-order valence-corrected chi connectivity index (χ2v) is 8.86. The summed E-state index contributed by atoms with van der Waals surface area (Å²) in [5, 5.41) is 6.66. The molecular formula is C22H19ClN6O2S. The lowest BCUT2D eigenvalue weighted by molar-refractivity contribution is 0.600. The SMILES string of the molecule is Cc1c(Cl)cccc1S(=O)(=O)Nc1ccc(Nc2cc(Nc3ccccn3)ncn2)cc1. The first-order valence-corrected chi connectivity index (χ1v) is 11.4. The molecule has 162 valence electrons. The molecule has 0 radical (unpaired) electrons. The largest absolute Gasteiger partial charge is 0.340 e. The Labute approximate surface area is 190 Å². The van der Waals surface area contributed by atoms with Crippen LogP contribution in [0.3, 0.4) is 0 Å². The first kappa shape index (κ1) is 21.5. The third-order valence-electron chi connectivity index (χ3n) is 4.51. The molecule has 32 heavy (non-hydrogen) atoms. The van der Waals surface area contributed by atoms with Gasteiger partial charge in [-0.3, -0.25) is 4.72 Å². The number of halogens is 1. The first-order valence-electron chi connectivity index (χ1n) is 9.56. The van der Waals surface area contributed by atoms with Crippen molar-refractivity contribution in [3.63, 3.8) is 0 Å². The fourth-order valence-corrected chi connectivity index (χ4v) is 4.48. The molecule has 0 aliphatic carbocycles. The van der Waals surface area contributed by atoms with Gasteiger partial charge in [0, 0.05) is 28.7 Å². The molecule has 0 fully saturated rings. The zero-order valence-corrected chi connectivity index (χ0v) is 18.5. The molecule has 10 heteroatoms. The van der Waals surface area contributed by atoms with Crippen molar-refractivity contribution in [2.75, 3.05) is 15.4 Å². The summed E-state index contributed by atoms with van der Waals surface area (Å²) in [5.41, 5.74) is 1.66. The van der Waals surface area contributed by atoms with Crippen molar-refractivity contribution in [3.05, 3.63) is 89.8 Å². The Morgan fingerprint density at radius 1 is 0.781 bits per heavy atom. The molecule has 0 atom stereocenters. The summed E-state index contributed by atoms with van der Waals surface area (Å²) in [7, 11) is -3.76. The van der Waals surface area contributed by atoms with E-state index in [-0.39, 0.29) is 4.90 Å². The molecule has 0 aliphatic heterocycles. The van der Waals surface area contributed by atoms with E-state index in [0.717, 1.165) is 5.69 Å². The van der Waals surface area contributed by atoms with Crippen LogP contribution in [0.15, 0.2) is 84.1 Å². The lowest BCUT2D eigenvalue weighted by Gasteiger charge is -2.12. The zero-order valence-electron chi connectivity index (χ0n) is 16.9. The fraction of sp³-hybridized carbons (Fsp3) is 0.0455. The maximum Gasteiger partial charge on any atom is 0.262 e. The number of nitrogens with one attached hydrogen (secondary N) is 3. The second-order valence-electron chi connectivity index (χ2n) is 6.80. The van der Waals surface area contributed by atoms with E-state index >= 15 is 0 Å². The quantitative estimate of drug-likeness (QED) is 0.346. The molecular weight excluding hydrogens is 448 g/mol. The molecule has 2 aromatic carbocycles. The number of hydrogen-bond donors (Lipinski definition) is 3. The zero-order chi connectivity index (χ0) is 22.6. The number of anilines is 5. The summed E-state index contributed by atoms with van der Waals surface area (Å²) < 4.78 is 28.0. The topological polar surface area (TPSA) is 109 Å². The van der Waals surface area contributed by atoms with Crippen molar-refractivity contribution in [1.29, 1.82) is 0 Å². The lowest BCUT2D eigenvalue weighted by atomic mass is 10.2. The maximum atomic E-state index is 12.7. The van der Waals surface area contributed by atoms with Crippen molar-refractivity contribution in [1.82, 2.24) is 15.0 Å². The highest BCUT2D eigenvalue weighted by Gasteiger charge is 2.18. The van der Waals surface area contributed by atoms with Gasteiger partial charge in [-0.25, -0.2) is 23.4 Å². The van der Waals surface area contributed by atoms with Crippen LogP contribution in [-0.2, 0) is 10.0 Å². The van der Waals surface area contributed by atoms with Gasteiger partial charge in [0.1, 0.15) is 23.8 Å². The fourth-order valence-electron chi connectivity index (χ4n) is 2.92. The number of nitrogens with zero attached hydrogens (tertiary/aromatic N) is 3. The van der Waals surface area contributed by atoms with Crippen LogP contribution >= 0.6 is 11.6 Å². The maximum absolute atomic E-state index is 12.7. The van der Waals surface area contributed by atoms with Crippen LogP contribution < -0.4 is 15.4 Å². The molecule has 4 rings (SSSR count). The van der Waals surface area contributed by atoms with E-state index in [0.29, 0.717) is 33.7 Å². The Bertz CT molecular complexity index is 1330. The van der Waals surface area contributed by atoms with Gasteiger partial charge in [-0.1, -0.05) is 23.7 Å². The van der Waals surface area contributed by atoms with Gasteiger partial charge in [-0.15, -0.1) is 0 Å². The molecule has 0 unspecified atom stereocenters. The summed E-state index contributed by atoms with van der Waals surface area (Å²) in [6.45, 7) is 1.67. The van der Waals surface area contributed by atoms with Crippen molar-refractivity contribution in [2.24, 2.45) is 0 Å². The molecule has 0 saturated carbocycles. The molecule has 0 saturated heterocycles. The highest BCUT2D eigenvalue weighted by Crippen LogP contribution is 2.26. The summed E-state index contributed by atoms with van der Waals surface area (Å²) in [6.07, 6.45) is 3.12. The predicted molar refractivity (Wildman–Crippen MR) is 126 cm³/mol. The second kappa shape index (κ2) is 9.21. The van der Waals surface area contributed by atoms with Gasteiger partial charge >= 0.3 is 0 Å². The number of pyridine rings is 1. The average molecular weight is 467 g/mol. The van der Waals surface area contributed by atoms with Gasteiger partial charge < -0.3 is 10.6 Å². The van der Waals surface area contributed by atoms with Crippen LogP contribution in [0.5, 0.6) is 0 Å². The molecule has 0 amide bonds. The molecule has 2 heterocycles. The average Bonchev–Trinajstić information content (AvgIpc) is 2.78. The Morgan fingerprint density at radius 2 is 1.50 bits per heavy atom. The molecule has 0 bridgehead atoms. The highest BCUT2D eigenvalue weighted by molar-refractivity contribution is 7.92. The minimum absolute atomic E-state index is 0.140. The van der Waals surface area contributed by atoms with E-state index in [4.69, 9.17) is 11.6 Å². The minimum Gasteiger partial charge on any atom is -0.340 e. The number of rotatable bonds is 7. The van der Waals surface area contributed by atoms with Crippen LogP contribution in [0.1, 0.15) is 5.56 Å². The van der Waals surface area contributed by atoms with Crippen LogP contribution in [0.4, 0.5) is 28.8 Å². The molecule has 4 aromatic rings. The van der Waals surface area contributed by atoms with Gasteiger partial charge in [-0.2, -0.15) is 0 Å². The molecule has 0 aliphatic rings. The van der Waals surface area contributed by atoms with Crippen LogP contribution in [-0.4, -0.2) is 23.4 Å².